The number of aliphatic carboxylic acids is 1. The highest BCUT2D eigenvalue weighted by molar-refractivity contribution is 5.81. The lowest BCUT2D eigenvalue weighted by Gasteiger charge is -2.42. The molecule has 3 aliphatic rings. The number of amides is 1. The van der Waals surface area contributed by atoms with Gasteiger partial charge in [0.25, 0.3) is 0 Å². The van der Waals surface area contributed by atoms with Gasteiger partial charge < -0.3 is 16.2 Å². The predicted octanol–water partition coefficient (Wildman–Crippen LogP) is 2.90. The van der Waals surface area contributed by atoms with E-state index in [2.05, 4.69) is 5.32 Å². The third-order valence-electron chi connectivity index (χ3n) is 7.07. The molecule has 3 aliphatic carbocycles. The monoisotopic (exact) mass is 363 g/mol. The van der Waals surface area contributed by atoms with E-state index in [4.69, 9.17) is 16.2 Å². The van der Waals surface area contributed by atoms with Gasteiger partial charge >= 0.3 is 5.97 Å². The summed E-state index contributed by atoms with van der Waals surface area (Å²) in [5.41, 5.74) is 5.59. The molecule has 146 valence electrons. The molecular formula is C20H33N3O3. The van der Waals surface area contributed by atoms with Crippen molar-refractivity contribution in [2.45, 2.75) is 76.7 Å². The number of carbonyl (C=O) groups excluding carboxylic acids is 1. The fourth-order valence-electron chi connectivity index (χ4n) is 5.54. The Bertz CT molecular complexity index is 542. The van der Waals surface area contributed by atoms with E-state index in [1.165, 1.54) is 0 Å². The first-order chi connectivity index (χ1) is 12.4. The maximum Gasteiger partial charge on any atom is 0.303 e. The van der Waals surface area contributed by atoms with Crippen LogP contribution in [0.4, 0.5) is 0 Å². The number of nitrogens with two attached hydrogens (primary N) is 1. The summed E-state index contributed by atoms with van der Waals surface area (Å²) in [7, 11) is 0. The van der Waals surface area contributed by atoms with Crippen LogP contribution in [-0.4, -0.2) is 28.9 Å². The molecule has 4 unspecified atom stereocenters. The SMILES string of the molecule is N=C(N)C1CCC(C(=O)NC2CCC3CC(CC(=O)O)CCC3C2)CC1. The number of hydrogen-bond donors (Lipinski definition) is 4. The lowest BCUT2D eigenvalue weighted by Crippen LogP contribution is -2.45. The molecule has 5 N–H and O–H groups in total. The maximum atomic E-state index is 12.6. The summed E-state index contributed by atoms with van der Waals surface area (Å²) in [5, 5.41) is 19.8. The van der Waals surface area contributed by atoms with Crippen LogP contribution in [0, 0.1) is 35.0 Å². The van der Waals surface area contributed by atoms with Gasteiger partial charge in [0.1, 0.15) is 0 Å². The van der Waals surface area contributed by atoms with Crippen LogP contribution in [0.3, 0.4) is 0 Å². The number of carbonyl (C=O) groups is 2. The highest BCUT2D eigenvalue weighted by Gasteiger charge is 2.37. The van der Waals surface area contributed by atoms with Gasteiger partial charge in [0.2, 0.25) is 5.91 Å². The van der Waals surface area contributed by atoms with Gasteiger partial charge in [-0.1, -0.05) is 0 Å². The Morgan fingerprint density at radius 1 is 0.923 bits per heavy atom. The molecular weight excluding hydrogens is 330 g/mol. The number of fused-ring (bicyclic) bond motifs is 1. The van der Waals surface area contributed by atoms with Gasteiger partial charge in [-0.2, -0.15) is 0 Å². The highest BCUT2D eigenvalue weighted by Crippen LogP contribution is 2.43. The van der Waals surface area contributed by atoms with Gasteiger partial charge in [0.05, 0.1) is 5.84 Å². The van der Waals surface area contributed by atoms with Crippen LogP contribution >= 0.6 is 0 Å². The van der Waals surface area contributed by atoms with Crippen molar-refractivity contribution in [1.29, 1.82) is 5.41 Å². The lowest BCUT2D eigenvalue weighted by atomic mass is 9.66. The number of hydrogen-bond acceptors (Lipinski definition) is 3. The van der Waals surface area contributed by atoms with Crippen molar-refractivity contribution in [3.05, 3.63) is 0 Å². The molecule has 6 nitrogen and oxygen atoms in total. The van der Waals surface area contributed by atoms with Crippen LogP contribution in [0.25, 0.3) is 0 Å². The van der Waals surface area contributed by atoms with E-state index >= 15 is 0 Å². The molecule has 0 aliphatic heterocycles. The largest absolute Gasteiger partial charge is 0.481 e. The van der Waals surface area contributed by atoms with Crippen LogP contribution in [0.5, 0.6) is 0 Å². The van der Waals surface area contributed by atoms with E-state index in [9.17, 15) is 9.59 Å². The third kappa shape index (κ3) is 4.77. The molecule has 0 heterocycles. The Balaban J connectivity index is 1.43. The molecule has 0 radical (unpaired) electrons. The summed E-state index contributed by atoms with van der Waals surface area (Å²) < 4.78 is 0. The van der Waals surface area contributed by atoms with E-state index in [0.717, 1.165) is 64.2 Å². The minimum atomic E-state index is -0.672. The highest BCUT2D eigenvalue weighted by atomic mass is 16.4. The fraction of sp³-hybridized carbons (Fsp3) is 0.850. The first-order valence-corrected chi connectivity index (χ1v) is 10.3. The molecule has 0 aromatic heterocycles. The van der Waals surface area contributed by atoms with E-state index in [-0.39, 0.29) is 29.6 Å². The van der Waals surface area contributed by atoms with Gasteiger partial charge in [-0.3, -0.25) is 15.0 Å². The third-order valence-corrected chi connectivity index (χ3v) is 7.07. The Morgan fingerprint density at radius 2 is 1.54 bits per heavy atom. The second-order valence-electron chi connectivity index (χ2n) is 8.82. The van der Waals surface area contributed by atoms with Crippen LogP contribution in [-0.2, 0) is 9.59 Å². The second kappa shape index (κ2) is 8.40. The molecule has 26 heavy (non-hydrogen) atoms. The Kier molecular flexibility index (Phi) is 6.20. The van der Waals surface area contributed by atoms with Crippen molar-refractivity contribution in [2.24, 2.45) is 35.3 Å². The fourth-order valence-corrected chi connectivity index (χ4v) is 5.54. The van der Waals surface area contributed by atoms with Crippen LogP contribution in [0.15, 0.2) is 0 Å². The van der Waals surface area contributed by atoms with Gasteiger partial charge in [0, 0.05) is 24.3 Å². The Labute approximate surface area is 155 Å². The zero-order chi connectivity index (χ0) is 18.7. The van der Waals surface area contributed by atoms with E-state index in [1.54, 1.807) is 0 Å². The van der Waals surface area contributed by atoms with Crippen molar-refractivity contribution in [3.63, 3.8) is 0 Å². The van der Waals surface area contributed by atoms with E-state index in [0.29, 0.717) is 24.2 Å². The maximum absolute atomic E-state index is 12.6. The first kappa shape index (κ1) is 19.2. The van der Waals surface area contributed by atoms with Gasteiger partial charge in [0.15, 0.2) is 0 Å². The van der Waals surface area contributed by atoms with E-state index < -0.39 is 5.97 Å². The predicted molar refractivity (Wildman–Crippen MR) is 99.7 cm³/mol. The summed E-state index contributed by atoms with van der Waals surface area (Å²) >= 11 is 0. The first-order valence-electron chi connectivity index (χ1n) is 10.3. The topological polar surface area (TPSA) is 116 Å². The average molecular weight is 364 g/mol. The smallest absolute Gasteiger partial charge is 0.303 e. The Morgan fingerprint density at radius 3 is 2.19 bits per heavy atom. The quantitative estimate of drug-likeness (QED) is 0.444. The van der Waals surface area contributed by atoms with Crippen molar-refractivity contribution >= 4 is 17.7 Å². The van der Waals surface area contributed by atoms with Crippen LogP contribution in [0.2, 0.25) is 0 Å². The number of carboxylic acids is 1. The van der Waals surface area contributed by atoms with Crippen molar-refractivity contribution in [1.82, 2.24) is 5.32 Å². The molecule has 0 aromatic carbocycles. The molecule has 0 bridgehead atoms. The molecule has 4 atom stereocenters. The molecule has 0 aromatic rings. The van der Waals surface area contributed by atoms with Crippen molar-refractivity contribution in [2.75, 3.05) is 0 Å². The van der Waals surface area contributed by atoms with Gasteiger partial charge in [-0.15, -0.1) is 0 Å². The van der Waals surface area contributed by atoms with Crippen molar-refractivity contribution < 1.29 is 14.7 Å². The number of nitrogens with one attached hydrogen (secondary N) is 2. The molecule has 1 amide bonds. The summed E-state index contributed by atoms with van der Waals surface area (Å²) in [6, 6.07) is 0.283. The van der Waals surface area contributed by atoms with Crippen LogP contribution < -0.4 is 11.1 Å². The average Bonchev–Trinajstić information content (AvgIpc) is 2.61. The zero-order valence-corrected chi connectivity index (χ0v) is 15.6. The lowest BCUT2D eigenvalue weighted by molar-refractivity contribution is -0.138. The van der Waals surface area contributed by atoms with Crippen LogP contribution in [0.1, 0.15) is 70.6 Å². The zero-order valence-electron chi connectivity index (χ0n) is 15.6. The van der Waals surface area contributed by atoms with Crippen molar-refractivity contribution in [3.8, 4) is 0 Å². The second-order valence-corrected chi connectivity index (χ2v) is 8.82. The number of carboxylic acid groups (broad SMARTS) is 1. The van der Waals surface area contributed by atoms with Gasteiger partial charge in [-0.25, -0.2) is 0 Å². The number of rotatable bonds is 5. The molecule has 0 saturated heterocycles. The molecule has 3 rings (SSSR count). The summed E-state index contributed by atoms with van der Waals surface area (Å²) in [6.45, 7) is 0. The summed E-state index contributed by atoms with van der Waals surface area (Å²) in [4.78, 5) is 23.6. The molecule has 0 spiro atoms. The standard InChI is InChI=1S/C20H33N3O3/c21-19(22)13-3-5-14(6-4-13)20(26)23-17-8-7-15-9-12(10-18(24)25)1-2-16(15)11-17/h12-17H,1-11H2,(H3,21,22)(H,23,26)(H,24,25). The molecule has 6 heteroatoms. The molecule has 3 fully saturated rings. The summed E-state index contributed by atoms with van der Waals surface area (Å²) in [5.74, 6) is 1.66. The van der Waals surface area contributed by atoms with E-state index in [1.807, 2.05) is 0 Å². The molecule has 3 saturated carbocycles. The normalized spacial score (nSPS) is 37.4. The summed E-state index contributed by atoms with van der Waals surface area (Å²) in [6.07, 6.45) is 10.1. The minimum absolute atomic E-state index is 0.0784. The van der Waals surface area contributed by atoms with Gasteiger partial charge in [-0.05, 0) is 82.0 Å². The minimum Gasteiger partial charge on any atom is -0.481 e. The number of amidine groups is 1. The Hall–Kier alpha value is -1.59.